The second-order valence-electron chi connectivity index (χ2n) is 6.51. The van der Waals surface area contributed by atoms with E-state index in [-0.39, 0.29) is 6.04 Å². The first-order chi connectivity index (χ1) is 9.77. The first-order valence-electron chi connectivity index (χ1n) is 8.12. The first-order valence-corrected chi connectivity index (χ1v) is 8.12. The van der Waals surface area contributed by atoms with Crippen LogP contribution in [0.1, 0.15) is 63.2 Å². The molecule has 0 radical (unpaired) electrons. The second kappa shape index (κ2) is 6.27. The topological polar surface area (TPSA) is 53.1 Å². The largest absolute Gasteiger partial charge is 0.381 e. The molecular weight excluding hydrogens is 250 g/mol. The van der Waals surface area contributed by atoms with Crippen LogP contribution in [0.4, 0.5) is 0 Å². The zero-order valence-electron chi connectivity index (χ0n) is 12.5. The maximum atomic E-state index is 6.47. The van der Waals surface area contributed by atoms with Gasteiger partial charge in [0.15, 0.2) is 0 Å². The molecule has 20 heavy (non-hydrogen) atoms. The summed E-state index contributed by atoms with van der Waals surface area (Å²) in [5.41, 5.74) is 7.67. The molecule has 0 amide bonds. The highest BCUT2D eigenvalue weighted by Gasteiger charge is 2.29. The molecule has 0 bridgehead atoms. The number of hydrogen-bond acceptors (Lipinski definition) is 3. The molecule has 3 rings (SSSR count). The summed E-state index contributed by atoms with van der Waals surface area (Å²) in [6.45, 7) is 3.98. The summed E-state index contributed by atoms with van der Waals surface area (Å²) >= 11 is 0. The fraction of sp³-hybridized carbons (Fsp3) is 0.812. The summed E-state index contributed by atoms with van der Waals surface area (Å²) < 4.78 is 7.82. The van der Waals surface area contributed by atoms with E-state index in [9.17, 15) is 0 Å². The minimum absolute atomic E-state index is 0.0611. The summed E-state index contributed by atoms with van der Waals surface area (Å²) in [7, 11) is 0. The molecule has 1 aromatic rings. The molecule has 1 aliphatic carbocycles. The molecule has 112 valence electrons. The third-order valence-electron chi connectivity index (χ3n) is 5.28. The molecule has 2 N–H and O–H groups in total. The van der Waals surface area contributed by atoms with E-state index in [0.717, 1.165) is 25.6 Å². The van der Waals surface area contributed by atoms with E-state index in [1.165, 1.54) is 37.8 Å². The van der Waals surface area contributed by atoms with Crippen molar-refractivity contribution in [2.24, 2.45) is 17.6 Å². The highest BCUT2D eigenvalue weighted by atomic mass is 16.5. The van der Waals surface area contributed by atoms with Crippen LogP contribution in [0.15, 0.2) is 12.5 Å². The van der Waals surface area contributed by atoms with Gasteiger partial charge in [-0.15, -0.1) is 0 Å². The molecule has 4 nitrogen and oxygen atoms in total. The molecule has 1 aromatic heterocycles. The SMILES string of the molecule is CC(C1CCCCC1)n1cncc1C(N)C1CCOC1. The van der Waals surface area contributed by atoms with E-state index in [4.69, 9.17) is 10.5 Å². The number of rotatable bonds is 4. The number of nitrogens with two attached hydrogens (primary N) is 1. The van der Waals surface area contributed by atoms with Crippen molar-refractivity contribution in [2.45, 2.75) is 57.5 Å². The van der Waals surface area contributed by atoms with E-state index < -0.39 is 0 Å². The van der Waals surface area contributed by atoms with Gasteiger partial charge in [0, 0.05) is 24.8 Å². The maximum absolute atomic E-state index is 6.47. The Labute approximate surface area is 121 Å². The third kappa shape index (κ3) is 2.77. The van der Waals surface area contributed by atoms with Gasteiger partial charge in [-0.1, -0.05) is 19.3 Å². The Balaban J connectivity index is 1.74. The van der Waals surface area contributed by atoms with Crippen LogP contribution in [0.3, 0.4) is 0 Å². The van der Waals surface area contributed by atoms with Crippen molar-refractivity contribution in [1.82, 2.24) is 9.55 Å². The third-order valence-corrected chi connectivity index (χ3v) is 5.28. The van der Waals surface area contributed by atoms with Gasteiger partial charge in [-0.05, 0) is 32.1 Å². The van der Waals surface area contributed by atoms with Crippen molar-refractivity contribution < 1.29 is 4.74 Å². The van der Waals surface area contributed by atoms with Crippen LogP contribution in [-0.4, -0.2) is 22.8 Å². The van der Waals surface area contributed by atoms with Crippen LogP contribution in [0.5, 0.6) is 0 Å². The van der Waals surface area contributed by atoms with Crippen LogP contribution >= 0.6 is 0 Å². The van der Waals surface area contributed by atoms with Gasteiger partial charge in [-0.25, -0.2) is 4.98 Å². The Morgan fingerprint density at radius 1 is 1.25 bits per heavy atom. The zero-order valence-corrected chi connectivity index (χ0v) is 12.5. The Morgan fingerprint density at radius 2 is 2.05 bits per heavy atom. The molecule has 2 aliphatic rings. The number of aromatic nitrogens is 2. The zero-order chi connectivity index (χ0) is 13.9. The molecule has 3 atom stereocenters. The van der Waals surface area contributed by atoms with E-state index in [0.29, 0.717) is 12.0 Å². The molecule has 2 heterocycles. The average Bonchev–Trinajstić information content (AvgIpc) is 3.18. The molecule has 1 aliphatic heterocycles. The number of hydrogen-bond donors (Lipinski definition) is 1. The Morgan fingerprint density at radius 3 is 2.75 bits per heavy atom. The first kappa shape index (κ1) is 14.1. The van der Waals surface area contributed by atoms with Gasteiger partial charge in [-0.2, -0.15) is 0 Å². The quantitative estimate of drug-likeness (QED) is 0.920. The van der Waals surface area contributed by atoms with Gasteiger partial charge in [0.1, 0.15) is 0 Å². The second-order valence-corrected chi connectivity index (χ2v) is 6.51. The summed E-state index contributed by atoms with van der Waals surface area (Å²) in [5.74, 6) is 1.23. The lowest BCUT2D eigenvalue weighted by Crippen LogP contribution is -2.27. The monoisotopic (exact) mass is 277 g/mol. The summed E-state index contributed by atoms with van der Waals surface area (Å²) in [5, 5.41) is 0. The number of ether oxygens (including phenoxy) is 1. The van der Waals surface area contributed by atoms with Crippen LogP contribution in [0.2, 0.25) is 0 Å². The smallest absolute Gasteiger partial charge is 0.0951 e. The average molecular weight is 277 g/mol. The van der Waals surface area contributed by atoms with Crippen LogP contribution in [0, 0.1) is 11.8 Å². The van der Waals surface area contributed by atoms with E-state index >= 15 is 0 Å². The van der Waals surface area contributed by atoms with E-state index in [1.54, 1.807) is 0 Å². The van der Waals surface area contributed by atoms with Crippen molar-refractivity contribution in [3.8, 4) is 0 Å². The molecular formula is C16H27N3O. The molecule has 0 aromatic carbocycles. The summed E-state index contributed by atoms with van der Waals surface area (Å²) in [6.07, 6.45) is 11.9. The normalized spacial score (nSPS) is 27.6. The summed E-state index contributed by atoms with van der Waals surface area (Å²) in [6, 6.07) is 0.576. The predicted octanol–water partition coefficient (Wildman–Crippen LogP) is 3.06. The van der Waals surface area contributed by atoms with E-state index in [1.807, 2.05) is 12.5 Å². The fourth-order valence-electron chi connectivity index (χ4n) is 3.83. The van der Waals surface area contributed by atoms with Crippen molar-refractivity contribution in [1.29, 1.82) is 0 Å². The van der Waals surface area contributed by atoms with Gasteiger partial charge in [0.05, 0.1) is 24.7 Å². The minimum Gasteiger partial charge on any atom is -0.381 e. The van der Waals surface area contributed by atoms with Crippen LogP contribution in [-0.2, 0) is 4.74 Å². The van der Waals surface area contributed by atoms with Gasteiger partial charge < -0.3 is 15.0 Å². The van der Waals surface area contributed by atoms with Crippen LogP contribution in [0.25, 0.3) is 0 Å². The van der Waals surface area contributed by atoms with Crippen LogP contribution < -0.4 is 5.73 Å². The Hall–Kier alpha value is -0.870. The molecule has 1 saturated carbocycles. The highest BCUT2D eigenvalue weighted by Crippen LogP contribution is 2.35. The lowest BCUT2D eigenvalue weighted by atomic mass is 9.84. The maximum Gasteiger partial charge on any atom is 0.0951 e. The van der Waals surface area contributed by atoms with Crippen molar-refractivity contribution in [3.05, 3.63) is 18.2 Å². The van der Waals surface area contributed by atoms with Gasteiger partial charge in [-0.3, -0.25) is 0 Å². The molecule has 3 unspecified atom stereocenters. The number of nitrogens with zero attached hydrogens (tertiary/aromatic N) is 2. The lowest BCUT2D eigenvalue weighted by molar-refractivity contribution is 0.179. The standard InChI is InChI=1S/C16H27N3O/c1-12(13-5-3-2-4-6-13)19-11-18-9-15(19)16(17)14-7-8-20-10-14/h9,11-14,16H,2-8,10,17H2,1H3. The minimum atomic E-state index is 0.0611. The molecule has 0 spiro atoms. The lowest BCUT2D eigenvalue weighted by Gasteiger charge is -2.31. The fourth-order valence-corrected chi connectivity index (χ4v) is 3.83. The Bertz CT molecular complexity index is 419. The highest BCUT2D eigenvalue weighted by molar-refractivity contribution is 5.08. The van der Waals surface area contributed by atoms with E-state index in [2.05, 4.69) is 16.5 Å². The van der Waals surface area contributed by atoms with Gasteiger partial charge in [0.25, 0.3) is 0 Å². The number of imidazole rings is 1. The molecule has 2 fully saturated rings. The molecule has 1 saturated heterocycles. The Kier molecular flexibility index (Phi) is 4.41. The van der Waals surface area contributed by atoms with Crippen molar-refractivity contribution >= 4 is 0 Å². The van der Waals surface area contributed by atoms with Crippen molar-refractivity contribution in [2.75, 3.05) is 13.2 Å². The predicted molar refractivity (Wildman–Crippen MR) is 79.4 cm³/mol. The van der Waals surface area contributed by atoms with Gasteiger partial charge in [0.2, 0.25) is 0 Å². The van der Waals surface area contributed by atoms with Crippen molar-refractivity contribution in [3.63, 3.8) is 0 Å². The molecule has 4 heteroatoms. The van der Waals surface area contributed by atoms with Gasteiger partial charge >= 0.3 is 0 Å². The summed E-state index contributed by atoms with van der Waals surface area (Å²) in [4.78, 5) is 4.37.